The molecule has 0 radical (unpaired) electrons. The van der Waals surface area contributed by atoms with Crippen LogP contribution in [0.4, 0.5) is 0 Å². The number of aromatic nitrogens is 1. The van der Waals surface area contributed by atoms with E-state index in [-0.39, 0.29) is 5.01 Å². The number of hydrogen-bond acceptors (Lipinski definition) is 4. The molecule has 0 bridgehead atoms. The quantitative estimate of drug-likeness (QED) is 0.585. The minimum atomic E-state index is -0.969. The molecule has 0 saturated carbocycles. The van der Waals surface area contributed by atoms with Crippen LogP contribution < -0.4 is 5.32 Å². The Morgan fingerprint density at radius 2 is 2.53 bits per heavy atom. The number of carbonyl (C=O) groups is 1. The van der Waals surface area contributed by atoms with Crippen molar-refractivity contribution in [3.8, 4) is 11.8 Å². The summed E-state index contributed by atoms with van der Waals surface area (Å²) in [6.45, 7) is 3.19. The van der Waals surface area contributed by atoms with Gasteiger partial charge in [-0.1, -0.05) is 0 Å². The maximum absolute atomic E-state index is 10.5. The Morgan fingerprint density at radius 3 is 3.13 bits per heavy atom. The van der Waals surface area contributed by atoms with Gasteiger partial charge < -0.3 is 10.4 Å². The second-order valence-corrected chi connectivity index (χ2v) is 3.66. The first-order valence-corrected chi connectivity index (χ1v) is 5.40. The lowest BCUT2D eigenvalue weighted by molar-refractivity contribution is 0.0696. The summed E-state index contributed by atoms with van der Waals surface area (Å²) in [6, 6.07) is 0. The van der Waals surface area contributed by atoms with Crippen molar-refractivity contribution in [2.24, 2.45) is 0 Å². The molecule has 1 heterocycles. The smallest absolute Gasteiger partial charge is 0.365 e. The maximum atomic E-state index is 10.5. The largest absolute Gasteiger partial charge is 0.476 e. The monoisotopic (exact) mass is 224 g/mol. The average Bonchev–Trinajstić information content (AvgIpc) is 2.66. The van der Waals surface area contributed by atoms with E-state index in [0.717, 1.165) is 30.0 Å². The lowest BCUT2D eigenvalue weighted by Gasteiger charge is -1.97. The number of carboxylic acid groups (broad SMARTS) is 1. The Bertz CT molecular complexity index is 390. The number of nitrogens with one attached hydrogen (secondary N) is 1. The molecular formula is C10H12N2O2S. The van der Waals surface area contributed by atoms with Crippen molar-refractivity contribution >= 4 is 17.3 Å². The van der Waals surface area contributed by atoms with E-state index < -0.39 is 5.97 Å². The van der Waals surface area contributed by atoms with Crippen LogP contribution in [0.1, 0.15) is 28.8 Å². The second-order valence-electron chi connectivity index (χ2n) is 2.80. The van der Waals surface area contributed by atoms with E-state index in [1.54, 1.807) is 12.3 Å². The molecule has 0 aliphatic rings. The molecule has 0 amide bonds. The number of nitrogens with zero attached hydrogens (tertiary/aromatic N) is 1. The van der Waals surface area contributed by atoms with Crippen LogP contribution in [-0.4, -0.2) is 22.6 Å². The van der Waals surface area contributed by atoms with E-state index in [9.17, 15) is 4.79 Å². The third-order valence-corrected chi connectivity index (χ3v) is 2.52. The zero-order valence-electron chi connectivity index (χ0n) is 8.41. The molecule has 0 spiro atoms. The van der Waals surface area contributed by atoms with E-state index in [2.05, 4.69) is 22.1 Å². The van der Waals surface area contributed by atoms with E-state index in [1.165, 1.54) is 0 Å². The number of hydrogen-bond donors (Lipinski definition) is 2. The molecule has 4 nitrogen and oxygen atoms in total. The van der Waals surface area contributed by atoms with Crippen molar-refractivity contribution < 1.29 is 9.90 Å². The average molecular weight is 224 g/mol. The summed E-state index contributed by atoms with van der Waals surface area (Å²) in [5.74, 6) is 4.77. The normalized spacial score (nSPS) is 9.40. The first-order chi connectivity index (χ1) is 7.24. The van der Waals surface area contributed by atoms with E-state index in [4.69, 9.17) is 5.11 Å². The number of carboxylic acids is 1. The van der Waals surface area contributed by atoms with Gasteiger partial charge >= 0.3 is 5.97 Å². The first-order valence-electron chi connectivity index (χ1n) is 4.52. The number of thiazole rings is 1. The molecular weight excluding hydrogens is 212 g/mol. The van der Waals surface area contributed by atoms with Crippen LogP contribution >= 0.6 is 11.3 Å². The Labute approximate surface area is 92.4 Å². The van der Waals surface area contributed by atoms with Crippen LogP contribution in [-0.2, 0) is 6.54 Å². The molecule has 0 aliphatic carbocycles. The summed E-state index contributed by atoms with van der Waals surface area (Å²) in [7, 11) is 0. The fraction of sp³-hybridized carbons (Fsp3) is 0.400. The van der Waals surface area contributed by atoms with Crippen LogP contribution in [0.15, 0.2) is 5.38 Å². The summed E-state index contributed by atoms with van der Waals surface area (Å²) in [5, 5.41) is 13.7. The summed E-state index contributed by atoms with van der Waals surface area (Å²) in [6.07, 6.45) is 0.798. The SMILES string of the molecule is CC#CCCNCc1csc(C(=O)O)n1. The highest BCUT2D eigenvalue weighted by Gasteiger charge is 2.07. The van der Waals surface area contributed by atoms with E-state index in [1.807, 2.05) is 0 Å². The fourth-order valence-electron chi connectivity index (χ4n) is 0.979. The standard InChI is InChI=1S/C10H12N2O2S/c1-2-3-4-5-11-6-8-7-15-9(12-8)10(13)14/h7,11H,4-6H2,1H3,(H,13,14). The molecule has 15 heavy (non-hydrogen) atoms. The first kappa shape index (κ1) is 11.7. The molecule has 0 unspecified atom stereocenters. The minimum Gasteiger partial charge on any atom is -0.476 e. The Balaban J connectivity index is 2.30. The predicted octanol–water partition coefficient (Wildman–Crippen LogP) is 1.34. The Morgan fingerprint density at radius 1 is 1.73 bits per heavy atom. The van der Waals surface area contributed by atoms with Crippen LogP contribution in [0.3, 0.4) is 0 Å². The zero-order valence-corrected chi connectivity index (χ0v) is 9.23. The van der Waals surface area contributed by atoms with Crippen molar-refractivity contribution in [2.75, 3.05) is 6.54 Å². The predicted molar refractivity (Wildman–Crippen MR) is 58.8 cm³/mol. The van der Waals surface area contributed by atoms with Gasteiger partial charge in [-0.2, -0.15) is 0 Å². The van der Waals surface area contributed by atoms with Crippen molar-refractivity contribution in [1.29, 1.82) is 0 Å². The molecule has 2 N–H and O–H groups in total. The molecule has 1 rings (SSSR count). The van der Waals surface area contributed by atoms with Crippen LogP contribution in [0.5, 0.6) is 0 Å². The van der Waals surface area contributed by atoms with Gasteiger partial charge in [-0.25, -0.2) is 9.78 Å². The number of aromatic carboxylic acids is 1. The highest BCUT2D eigenvalue weighted by molar-refractivity contribution is 7.11. The highest BCUT2D eigenvalue weighted by atomic mass is 32.1. The molecule has 0 aromatic carbocycles. The second kappa shape index (κ2) is 6.17. The van der Waals surface area contributed by atoms with Crippen molar-refractivity contribution in [1.82, 2.24) is 10.3 Å². The molecule has 0 atom stereocenters. The minimum absolute atomic E-state index is 0.139. The summed E-state index contributed by atoms with van der Waals surface area (Å²) < 4.78 is 0. The molecule has 0 saturated heterocycles. The maximum Gasteiger partial charge on any atom is 0.365 e. The van der Waals surface area contributed by atoms with Crippen molar-refractivity contribution in [3.63, 3.8) is 0 Å². The van der Waals surface area contributed by atoms with Gasteiger partial charge in [-0.3, -0.25) is 0 Å². The van der Waals surface area contributed by atoms with Gasteiger partial charge in [0.1, 0.15) is 0 Å². The van der Waals surface area contributed by atoms with Gasteiger partial charge in [0, 0.05) is 24.9 Å². The molecule has 80 valence electrons. The Kier molecular flexibility index (Phi) is 4.81. The molecule has 1 aromatic heterocycles. The molecule has 0 fully saturated rings. The van der Waals surface area contributed by atoms with Gasteiger partial charge in [0.25, 0.3) is 0 Å². The molecule has 5 heteroatoms. The van der Waals surface area contributed by atoms with Gasteiger partial charge in [-0.15, -0.1) is 23.2 Å². The topological polar surface area (TPSA) is 62.2 Å². The molecule has 1 aromatic rings. The van der Waals surface area contributed by atoms with Crippen LogP contribution in [0.2, 0.25) is 0 Å². The lowest BCUT2D eigenvalue weighted by Crippen LogP contribution is -2.14. The van der Waals surface area contributed by atoms with Crippen LogP contribution in [0, 0.1) is 11.8 Å². The summed E-state index contributed by atoms with van der Waals surface area (Å²) in [5.41, 5.74) is 0.766. The van der Waals surface area contributed by atoms with E-state index in [0.29, 0.717) is 6.54 Å². The zero-order chi connectivity index (χ0) is 11.1. The fourth-order valence-corrected chi connectivity index (χ4v) is 1.63. The van der Waals surface area contributed by atoms with Gasteiger partial charge in [0.2, 0.25) is 5.01 Å². The summed E-state index contributed by atoms with van der Waals surface area (Å²) >= 11 is 1.15. The summed E-state index contributed by atoms with van der Waals surface area (Å²) in [4.78, 5) is 14.5. The van der Waals surface area contributed by atoms with Gasteiger partial charge in [0.05, 0.1) is 5.69 Å². The lowest BCUT2D eigenvalue weighted by atomic mass is 10.4. The van der Waals surface area contributed by atoms with E-state index >= 15 is 0 Å². The number of rotatable bonds is 5. The van der Waals surface area contributed by atoms with Gasteiger partial charge in [0.15, 0.2) is 0 Å². The van der Waals surface area contributed by atoms with Gasteiger partial charge in [-0.05, 0) is 6.92 Å². The van der Waals surface area contributed by atoms with Crippen molar-refractivity contribution in [2.45, 2.75) is 19.9 Å². The third kappa shape index (κ3) is 4.11. The Hall–Kier alpha value is -1.38. The van der Waals surface area contributed by atoms with Crippen LogP contribution in [0.25, 0.3) is 0 Å². The van der Waals surface area contributed by atoms with Crippen molar-refractivity contribution in [3.05, 3.63) is 16.1 Å². The third-order valence-electron chi connectivity index (χ3n) is 1.64. The highest BCUT2D eigenvalue weighted by Crippen LogP contribution is 2.08. The molecule has 0 aliphatic heterocycles.